The van der Waals surface area contributed by atoms with Crippen molar-refractivity contribution < 1.29 is 18.9 Å². The van der Waals surface area contributed by atoms with E-state index in [-0.39, 0.29) is 28.3 Å². The van der Waals surface area contributed by atoms with E-state index < -0.39 is 10.8 Å². The third-order valence-corrected chi connectivity index (χ3v) is 5.53. The fourth-order valence-electron chi connectivity index (χ4n) is 2.96. The van der Waals surface area contributed by atoms with Gasteiger partial charge in [-0.25, -0.2) is 0 Å². The number of carbonyl (C=O) groups excluding carboxylic acids is 1. The summed E-state index contributed by atoms with van der Waals surface area (Å²) in [7, 11) is 1.41. The zero-order valence-corrected chi connectivity index (χ0v) is 18.8. The van der Waals surface area contributed by atoms with Gasteiger partial charge in [0.15, 0.2) is 0 Å². The summed E-state index contributed by atoms with van der Waals surface area (Å²) in [5, 5.41) is 32.5. The molecule has 0 aliphatic rings. The lowest BCUT2D eigenvalue weighted by molar-refractivity contribution is -0.384. The predicted octanol–water partition coefficient (Wildman–Crippen LogP) is 4.99. The Hall–Kier alpha value is -4.04. The minimum Gasteiger partial charge on any atom is -0.497 e. The Balaban J connectivity index is 1.76. The molecular formula is C22H21N5O5S. The Labute approximate surface area is 193 Å². The van der Waals surface area contributed by atoms with E-state index in [1.165, 1.54) is 48.8 Å². The number of unbranched alkanes of at least 4 members (excludes halogenated alkanes) is 2. The van der Waals surface area contributed by atoms with Crippen LogP contribution in [-0.2, 0) is 11.2 Å². The van der Waals surface area contributed by atoms with E-state index in [4.69, 9.17) is 9.15 Å². The highest BCUT2D eigenvalue weighted by atomic mass is 32.1. The van der Waals surface area contributed by atoms with Crippen molar-refractivity contribution >= 4 is 34.1 Å². The molecule has 2 heterocycles. The van der Waals surface area contributed by atoms with E-state index in [0.717, 1.165) is 30.7 Å². The summed E-state index contributed by atoms with van der Waals surface area (Å²) in [4.78, 5) is 23.4. The third-order valence-electron chi connectivity index (χ3n) is 4.63. The summed E-state index contributed by atoms with van der Waals surface area (Å²) >= 11 is 1.27. The molecule has 0 unspecified atom stereocenters. The van der Waals surface area contributed by atoms with Crippen LogP contribution in [0.25, 0.3) is 17.4 Å². The van der Waals surface area contributed by atoms with Crippen LogP contribution in [0.2, 0.25) is 0 Å². The summed E-state index contributed by atoms with van der Waals surface area (Å²) in [6.45, 7) is 2.11. The number of nitro groups is 1. The summed E-state index contributed by atoms with van der Waals surface area (Å²) in [5.74, 6) is 0.0985. The molecule has 0 saturated carbocycles. The normalized spacial score (nSPS) is 11.1. The molecule has 2 aromatic heterocycles. The number of benzene rings is 1. The molecule has 170 valence electrons. The first-order chi connectivity index (χ1) is 15.9. The molecule has 1 N–H and O–H groups in total. The molecule has 0 fully saturated rings. The second-order valence-corrected chi connectivity index (χ2v) is 7.99. The number of nitriles is 1. The quantitative estimate of drug-likeness (QED) is 0.144. The summed E-state index contributed by atoms with van der Waals surface area (Å²) < 4.78 is 10.7. The standard InChI is InChI=1S/C22H21N5O5S/c1-3-4-5-6-20-25-26-22(33-20)24-21(28)14(13-23)11-16-8-10-19(32-16)17-9-7-15(31-2)12-18(17)27(29)30/h7-12H,3-6H2,1-2H3,(H,24,26,28)/b14-11-. The van der Waals surface area contributed by atoms with Gasteiger partial charge in [-0.15, -0.1) is 10.2 Å². The third kappa shape index (κ3) is 6.02. The van der Waals surface area contributed by atoms with Gasteiger partial charge in [-0.1, -0.05) is 31.1 Å². The smallest absolute Gasteiger partial charge is 0.284 e. The van der Waals surface area contributed by atoms with Crippen LogP contribution in [0.4, 0.5) is 10.8 Å². The average Bonchev–Trinajstić information content (AvgIpc) is 3.46. The number of carbonyl (C=O) groups is 1. The van der Waals surface area contributed by atoms with E-state index in [0.29, 0.717) is 10.9 Å². The summed E-state index contributed by atoms with van der Waals surface area (Å²) in [5.41, 5.74) is -0.153. The zero-order chi connectivity index (χ0) is 23.8. The monoisotopic (exact) mass is 467 g/mol. The maximum Gasteiger partial charge on any atom is 0.284 e. The van der Waals surface area contributed by atoms with Gasteiger partial charge in [0.2, 0.25) is 5.13 Å². The Kier molecular flexibility index (Phi) is 7.88. The van der Waals surface area contributed by atoms with Gasteiger partial charge in [-0.05, 0) is 30.7 Å². The number of nitro benzene ring substituents is 1. The number of hydrogen-bond donors (Lipinski definition) is 1. The van der Waals surface area contributed by atoms with Gasteiger partial charge in [-0.3, -0.25) is 20.2 Å². The number of rotatable bonds is 10. The number of nitrogens with one attached hydrogen (secondary N) is 1. The predicted molar refractivity (Wildman–Crippen MR) is 123 cm³/mol. The molecule has 10 nitrogen and oxygen atoms in total. The van der Waals surface area contributed by atoms with Gasteiger partial charge in [0.1, 0.15) is 33.9 Å². The zero-order valence-electron chi connectivity index (χ0n) is 18.0. The molecule has 0 atom stereocenters. The topological polar surface area (TPSA) is 144 Å². The molecule has 3 aromatic rings. The van der Waals surface area contributed by atoms with Crippen molar-refractivity contribution in [1.82, 2.24) is 10.2 Å². The van der Waals surface area contributed by atoms with Crippen molar-refractivity contribution in [2.45, 2.75) is 32.6 Å². The lowest BCUT2D eigenvalue weighted by Gasteiger charge is -2.03. The lowest BCUT2D eigenvalue weighted by Crippen LogP contribution is -2.13. The number of nitrogens with zero attached hydrogens (tertiary/aromatic N) is 4. The van der Waals surface area contributed by atoms with Crippen LogP contribution in [0.5, 0.6) is 5.75 Å². The van der Waals surface area contributed by atoms with Crippen LogP contribution in [-0.4, -0.2) is 28.1 Å². The molecule has 3 rings (SSSR count). The maximum absolute atomic E-state index is 12.5. The molecule has 0 radical (unpaired) electrons. The molecule has 0 spiro atoms. The lowest BCUT2D eigenvalue weighted by atomic mass is 10.1. The Morgan fingerprint density at radius 1 is 1.33 bits per heavy atom. The largest absolute Gasteiger partial charge is 0.497 e. The number of amides is 1. The second kappa shape index (κ2) is 11.0. The Bertz CT molecular complexity index is 1220. The first-order valence-corrected chi connectivity index (χ1v) is 10.9. The molecular weight excluding hydrogens is 446 g/mol. The Morgan fingerprint density at radius 2 is 2.15 bits per heavy atom. The maximum atomic E-state index is 12.5. The van der Waals surface area contributed by atoms with Crippen molar-refractivity contribution in [2.24, 2.45) is 0 Å². The van der Waals surface area contributed by atoms with Crippen molar-refractivity contribution in [3.05, 3.63) is 56.8 Å². The van der Waals surface area contributed by atoms with Crippen LogP contribution < -0.4 is 10.1 Å². The van der Waals surface area contributed by atoms with Crippen LogP contribution >= 0.6 is 11.3 Å². The van der Waals surface area contributed by atoms with E-state index in [1.807, 2.05) is 6.07 Å². The van der Waals surface area contributed by atoms with Crippen LogP contribution in [0.3, 0.4) is 0 Å². The fraction of sp³-hybridized carbons (Fsp3) is 0.273. The minimum atomic E-state index is -0.651. The SMILES string of the molecule is CCCCCc1nnc(NC(=O)/C(C#N)=C\c2ccc(-c3ccc(OC)cc3[N+](=O)[O-])o2)s1. The van der Waals surface area contributed by atoms with Crippen LogP contribution in [0.15, 0.2) is 40.3 Å². The minimum absolute atomic E-state index is 0.191. The van der Waals surface area contributed by atoms with Crippen LogP contribution in [0, 0.1) is 21.4 Å². The van der Waals surface area contributed by atoms with E-state index >= 15 is 0 Å². The summed E-state index contributed by atoms with van der Waals surface area (Å²) in [6, 6.07) is 9.26. The van der Waals surface area contributed by atoms with E-state index in [9.17, 15) is 20.2 Å². The second-order valence-electron chi connectivity index (χ2n) is 6.92. The van der Waals surface area contributed by atoms with Gasteiger partial charge in [0.25, 0.3) is 11.6 Å². The number of furan rings is 1. The molecule has 1 aromatic carbocycles. The van der Waals surface area contributed by atoms with Gasteiger partial charge in [-0.2, -0.15) is 5.26 Å². The van der Waals surface area contributed by atoms with Crippen molar-refractivity contribution in [3.63, 3.8) is 0 Å². The first kappa shape index (κ1) is 23.6. The number of aryl methyl sites for hydroxylation is 1. The number of anilines is 1. The summed E-state index contributed by atoms with van der Waals surface area (Å²) in [6.07, 6.45) is 5.23. The van der Waals surface area contributed by atoms with E-state index in [2.05, 4.69) is 22.4 Å². The van der Waals surface area contributed by atoms with Crippen molar-refractivity contribution in [2.75, 3.05) is 12.4 Å². The molecule has 0 bridgehead atoms. The number of ether oxygens (including phenoxy) is 1. The van der Waals surface area contributed by atoms with Gasteiger partial charge in [0.05, 0.1) is 23.7 Å². The number of hydrogen-bond acceptors (Lipinski definition) is 9. The van der Waals surface area contributed by atoms with Gasteiger partial charge < -0.3 is 9.15 Å². The molecule has 0 aliphatic carbocycles. The molecule has 0 aliphatic heterocycles. The highest BCUT2D eigenvalue weighted by Gasteiger charge is 2.20. The number of aromatic nitrogens is 2. The Morgan fingerprint density at radius 3 is 2.85 bits per heavy atom. The average molecular weight is 468 g/mol. The molecule has 33 heavy (non-hydrogen) atoms. The van der Waals surface area contributed by atoms with Gasteiger partial charge >= 0.3 is 0 Å². The number of methoxy groups -OCH3 is 1. The molecule has 0 saturated heterocycles. The van der Waals surface area contributed by atoms with Crippen molar-refractivity contribution in [3.8, 4) is 23.1 Å². The van der Waals surface area contributed by atoms with Crippen molar-refractivity contribution in [1.29, 1.82) is 5.26 Å². The van der Waals surface area contributed by atoms with Gasteiger partial charge in [0, 0.05) is 12.5 Å². The fourth-order valence-corrected chi connectivity index (χ4v) is 3.74. The molecule has 11 heteroatoms. The van der Waals surface area contributed by atoms with E-state index in [1.54, 1.807) is 6.07 Å². The highest BCUT2D eigenvalue weighted by molar-refractivity contribution is 7.15. The molecule has 1 amide bonds. The highest BCUT2D eigenvalue weighted by Crippen LogP contribution is 2.34. The van der Waals surface area contributed by atoms with Crippen LogP contribution in [0.1, 0.15) is 37.0 Å². The first-order valence-electron chi connectivity index (χ1n) is 10.1.